The maximum absolute atomic E-state index is 13.9. The Morgan fingerprint density at radius 2 is 1.29 bits per heavy atom. The molecule has 0 aromatic heterocycles. The fourth-order valence-electron chi connectivity index (χ4n) is 4.25. The number of anilines is 2. The van der Waals surface area contributed by atoms with Crippen LogP contribution in [0.25, 0.3) is 0 Å². The van der Waals surface area contributed by atoms with Gasteiger partial charge >= 0.3 is 0 Å². The Hall–Kier alpha value is -3.70. The summed E-state index contributed by atoms with van der Waals surface area (Å²) in [5.41, 5.74) is 1.54. The van der Waals surface area contributed by atoms with Crippen molar-refractivity contribution in [1.29, 1.82) is 0 Å². The second-order valence-corrected chi connectivity index (χ2v) is 13.2. The van der Waals surface area contributed by atoms with Gasteiger partial charge in [-0.25, -0.2) is 16.8 Å². The van der Waals surface area contributed by atoms with Crippen LogP contribution in [0.5, 0.6) is 0 Å². The number of carbonyl (C=O) groups excluding carboxylic acids is 1. The molecule has 0 fully saturated rings. The molecule has 0 aliphatic carbocycles. The first kappa shape index (κ1) is 30.3. The molecule has 0 spiro atoms. The van der Waals surface area contributed by atoms with E-state index in [0.29, 0.717) is 24.5 Å². The first-order valence-electron chi connectivity index (χ1n) is 12.9. The molecule has 4 aromatic rings. The Morgan fingerprint density at radius 1 is 0.732 bits per heavy atom. The number of amides is 1. The van der Waals surface area contributed by atoms with Gasteiger partial charge in [0.25, 0.3) is 15.9 Å². The highest BCUT2D eigenvalue weighted by atomic mass is 35.5. The Balaban J connectivity index is 1.63. The lowest BCUT2D eigenvalue weighted by Gasteiger charge is -2.25. The van der Waals surface area contributed by atoms with E-state index in [9.17, 15) is 21.6 Å². The number of hydrogen-bond donors (Lipinski definition) is 1. The highest BCUT2D eigenvalue weighted by Gasteiger charge is 2.27. The molecule has 4 aromatic carbocycles. The van der Waals surface area contributed by atoms with E-state index in [1.807, 2.05) is 30.3 Å². The van der Waals surface area contributed by atoms with E-state index in [1.54, 1.807) is 44.2 Å². The van der Waals surface area contributed by atoms with Crippen molar-refractivity contribution in [2.45, 2.75) is 30.2 Å². The number of rotatable bonds is 11. The monoisotopic (exact) mass is 611 g/mol. The smallest absolute Gasteiger partial charge is 0.264 e. The lowest BCUT2D eigenvalue weighted by molar-refractivity contribution is 0.102. The van der Waals surface area contributed by atoms with Crippen LogP contribution in [0.4, 0.5) is 11.4 Å². The van der Waals surface area contributed by atoms with E-state index < -0.39 is 26.0 Å². The maximum Gasteiger partial charge on any atom is 0.264 e. The van der Waals surface area contributed by atoms with Crippen LogP contribution in [0, 0.1) is 0 Å². The standard InChI is InChI=1S/C30H30ClN3O5S2/c1-3-33(4-2)40(36,37)26-17-15-24(16-18-26)32-30(35)28-21-27(19-20-29(28)31)41(38,39)34(25-13-9-6-10-14-25)22-23-11-7-5-8-12-23/h5-21H,3-4,22H2,1-2H3,(H,32,35). The van der Waals surface area contributed by atoms with Gasteiger partial charge in [-0.3, -0.25) is 9.10 Å². The molecule has 0 radical (unpaired) electrons. The number of hydrogen-bond acceptors (Lipinski definition) is 5. The van der Waals surface area contributed by atoms with E-state index in [-0.39, 0.29) is 26.9 Å². The molecular formula is C30H30ClN3O5S2. The summed E-state index contributed by atoms with van der Waals surface area (Å²) < 4.78 is 55.9. The van der Waals surface area contributed by atoms with Crippen LogP contribution < -0.4 is 9.62 Å². The fraction of sp³-hybridized carbons (Fsp3) is 0.167. The third-order valence-electron chi connectivity index (χ3n) is 6.44. The van der Waals surface area contributed by atoms with E-state index in [1.165, 1.54) is 51.1 Å². The Morgan fingerprint density at radius 3 is 1.88 bits per heavy atom. The highest BCUT2D eigenvalue weighted by molar-refractivity contribution is 7.92. The fourth-order valence-corrected chi connectivity index (χ4v) is 7.39. The van der Waals surface area contributed by atoms with Crippen LogP contribution in [0.2, 0.25) is 5.02 Å². The van der Waals surface area contributed by atoms with Gasteiger partial charge in [-0.15, -0.1) is 0 Å². The van der Waals surface area contributed by atoms with Crippen molar-refractivity contribution in [3.05, 3.63) is 119 Å². The molecule has 0 aliphatic rings. The number of benzene rings is 4. The second-order valence-electron chi connectivity index (χ2n) is 9.04. The number of para-hydroxylation sites is 1. The highest BCUT2D eigenvalue weighted by Crippen LogP contribution is 2.29. The average Bonchev–Trinajstić information content (AvgIpc) is 2.97. The predicted octanol–water partition coefficient (Wildman–Crippen LogP) is 6.02. The second kappa shape index (κ2) is 12.9. The molecule has 0 heterocycles. The van der Waals surface area contributed by atoms with E-state index in [4.69, 9.17) is 11.6 Å². The number of carbonyl (C=O) groups is 1. The van der Waals surface area contributed by atoms with Crippen LogP contribution in [0.1, 0.15) is 29.8 Å². The summed E-state index contributed by atoms with van der Waals surface area (Å²) in [7, 11) is -7.76. The molecule has 11 heteroatoms. The first-order valence-corrected chi connectivity index (χ1v) is 16.2. The number of halogens is 1. The summed E-state index contributed by atoms with van der Waals surface area (Å²) in [6.45, 7) is 4.27. The predicted molar refractivity (Wildman–Crippen MR) is 162 cm³/mol. The summed E-state index contributed by atoms with van der Waals surface area (Å²) in [6, 6.07) is 27.6. The Kier molecular flexibility index (Phi) is 9.49. The normalized spacial score (nSPS) is 11.8. The van der Waals surface area contributed by atoms with Crippen LogP contribution in [0.3, 0.4) is 0 Å². The van der Waals surface area contributed by atoms with Gasteiger partial charge in [-0.2, -0.15) is 4.31 Å². The third kappa shape index (κ3) is 6.79. The van der Waals surface area contributed by atoms with Gasteiger partial charge < -0.3 is 5.32 Å². The minimum absolute atomic E-state index is 0.0414. The van der Waals surface area contributed by atoms with E-state index in [0.717, 1.165) is 5.56 Å². The molecule has 8 nitrogen and oxygen atoms in total. The van der Waals surface area contributed by atoms with Gasteiger partial charge in [0.1, 0.15) is 0 Å². The molecular weight excluding hydrogens is 582 g/mol. The SMILES string of the molecule is CCN(CC)S(=O)(=O)c1ccc(NC(=O)c2cc(S(=O)(=O)N(Cc3ccccc3)c3ccccc3)ccc2Cl)cc1. The molecule has 41 heavy (non-hydrogen) atoms. The van der Waals surface area contributed by atoms with Gasteiger partial charge in [-0.05, 0) is 60.2 Å². The van der Waals surface area contributed by atoms with Gasteiger partial charge in [0.15, 0.2) is 0 Å². The summed E-state index contributed by atoms with van der Waals surface area (Å²) >= 11 is 6.33. The van der Waals surface area contributed by atoms with Crippen molar-refractivity contribution in [2.24, 2.45) is 0 Å². The van der Waals surface area contributed by atoms with Gasteiger partial charge in [0.2, 0.25) is 10.0 Å². The summed E-state index contributed by atoms with van der Waals surface area (Å²) in [5, 5.41) is 2.74. The van der Waals surface area contributed by atoms with Crippen molar-refractivity contribution in [2.75, 3.05) is 22.7 Å². The maximum atomic E-state index is 13.9. The first-order chi connectivity index (χ1) is 19.6. The zero-order chi connectivity index (χ0) is 29.6. The van der Waals surface area contributed by atoms with Crippen LogP contribution in [-0.2, 0) is 26.6 Å². The molecule has 0 unspecified atom stereocenters. The van der Waals surface area contributed by atoms with E-state index >= 15 is 0 Å². The minimum Gasteiger partial charge on any atom is -0.322 e. The lowest BCUT2D eigenvalue weighted by Crippen LogP contribution is -2.31. The van der Waals surface area contributed by atoms with Crippen molar-refractivity contribution < 1.29 is 21.6 Å². The van der Waals surface area contributed by atoms with Crippen LogP contribution in [0.15, 0.2) is 113 Å². The summed E-state index contributed by atoms with van der Waals surface area (Å²) in [4.78, 5) is 13.2. The van der Waals surface area contributed by atoms with Crippen molar-refractivity contribution in [3.63, 3.8) is 0 Å². The topological polar surface area (TPSA) is 104 Å². The molecule has 0 saturated carbocycles. The molecule has 0 atom stereocenters. The number of nitrogens with one attached hydrogen (secondary N) is 1. The van der Waals surface area contributed by atoms with Gasteiger partial charge in [-0.1, -0.05) is 74.0 Å². The Labute approximate surface area is 246 Å². The van der Waals surface area contributed by atoms with Crippen molar-refractivity contribution >= 4 is 48.9 Å². The van der Waals surface area contributed by atoms with Gasteiger partial charge in [0, 0.05) is 18.8 Å². The van der Waals surface area contributed by atoms with Crippen molar-refractivity contribution in [3.8, 4) is 0 Å². The zero-order valence-corrected chi connectivity index (χ0v) is 25.0. The summed E-state index contributed by atoms with van der Waals surface area (Å²) in [6.07, 6.45) is 0. The largest absolute Gasteiger partial charge is 0.322 e. The number of sulfonamides is 2. The minimum atomic E-state index is -4.11. The average molecular weight is 612 g/mol. The Bertz CT molecular complexity index is 1710. The molecule has 214 valence electrons. The molecule has 0 aliphatic heterocycles. The molecule has 1 amide bonds. The lowest BCUT2D eigenvalue weighted by atomic mass is 10.2. The third-order valence-corrected chi connectivity index (χ3v) is 10.6. The summed E-state index contributed by atoms with van der Waals surface area (Å²) in [5.74, 6) is -0.638. The quantitative estimate of drug-likeness (QED) is 0.223. The van der Waals surface area contributed by atoms with Crippen molar-refractivity contribution in [1.82, 2.24) is 4.31 Å². The van der Waals surface area contributed by atoms with Crippen LogP contribution >= 0.6 is 11.6 Å². The molecule has 4 rings (SSSR count). The van der Waals surface area contributed by atoms with Gasteiger partial charge in [0.05, 0.1) is 32.6 Å². The molecule has 0 saturated heterocycles. The number of nitrogens with zero attached hydrogens (tertiary/aromatic N) is 2. The molecule has 0 bridgehead atoms. The van der Waals surface area contributed by atoms with E-state index in [2.05, 4.69) is 5.32 Å². The van der Waals surface area contributed by atoms with Crippen LogP contribution in [-0.4, -0.2) is 40.1 Å². The molecule has 1 N–H and O–H groups in total. The zero-order valence-electron chi connectivity index (χ0n) is 22.6.